The molecule has 0 bridgehead atoms. The summed E-state index contributed by atoms with van der Waals surface area (Å²) in [5, 5.41) is 2.61. The highest BCUT2D eigenvalue weighted by atomic mass is 16.5. The minimum Gasteiger partial charge on any atom is -0.450 e. The van der Waals surface area contributed by atoms with Crippen LogP contribution in [-0.2, 0) is 16.1 Å². The number of pyridine rings is 1. The standard InChI is InChI=1S/C25H26N8O3/c1-3-36-25(35)31-24-29-20-12-17(11-19(22(20)30-24)23-26-7-4-8-27-23)16-5-6-18(28-13-16)14-33-10-9-32(2)21(34)15-33/h4-8,11-13H,3,9-10,14-15H2,1-2H3,(H2,29,30,31,35). The molecule has 4 aromatic rings. The van der Waals surface area contributed by atoms with Crippen molar-refractivity contribution in [2.45, 2.75) is 13.5 Å². The van der Waals surface area contributed by atoms with Crippen LogP contribution in [0, 0.1) is 0 Å². The van der Waals surface area contributed by atoms with Crippen molar-refractivity contribution in [1.82, 2.24) is 34.7 Å². The van der Waals surface area contributed by atoms with Crippen LogP contribution in [0.4, 0.5) is 10.7 Å². The van der Waals surface area contributed by atoms with Gasteiger partial charge in [-0.3, -0.25) is 20.0 Å². The number of piperazine rings is 1. The molecule has 1 aromatic carbocycles. The van der Waals surface area contributed by atoms with Crippen LogP contribution in [0.25, 0.3) is 33.5 Å². The maximum atomic E-state index is 12.0. The number of hydrogen-bond donors (Lipinski definition) is 2. The number of anilines is 1. The SMILES string of the molecule is CCOC(=O)Nc1nc2c(-c3ncccn3)cc(-c3ccc(CN4CCN(C)C(=O)C4)nc3)cc2[nH]1. The first-order chi connectivity index (χ1) is 17.5. The third kappa shape index (κ3) is 5.01. The predicted octanol–water partition coefficient (Wildman–Crippen LogP) is 2.92. The summed E-state index contributed by atoms with van der Waals surface area (Å²) >= 11 is 0. The van der Waals surface area contributed by atoms with Crippen LogP contribution < -0.4 is 5.32 Å². The van der Waals surface area contributed by atoms with Crippen LogP contribution in [0.15, 0.2) is 48.9 Å². The monoisotopic (exact) mass is 486 g/mol. The summed E-state index contributed by atoms with van der Waals surface area (Å²) in [5.41, 5.74) is 4.75. The van der Waals surface area contributed by atoms with Gasteiger partial charge in [-0.15, -0.1) is 0 Å². The number of aromatic nitrogens is 5. The lowest BCUT2D eigenvalue weighted by Gasteiger charge is -2.31. The molecule has 11 nitrogen and oxygen atoms in total. The number of ether oxygens (including phenoxy) is 1. The number of imidazole rings is 1. The molecular formula is C25H26N8O3. The van der Waals surface area contributed by atoms with Crippen molar-refractivity contribution >= 4 is 29.0 Å². The second kappa shape index (κ2) is 10.1. The van der Waals surface area contributed by atoms with E-state index < -0.39 is 6.09 Å². The summed E-state index contributed by atoms with van der Waals surface area (Å²) in [6.07, 6.45) is 4.57. The molecule has 4 heterocycles. The highest BCUT2D eigenvalue weighted by Gasteiger charge is 2.21. The zero-order valence-electron chi connectivity index (χ0n) is 20.1. The Hall–Kier alpha value is -4.38. The van der Waals surface area contributed by atoms with Gasteiger partial charge in [0.15, 0.2) is 5.82 Å². The lowest BCUT2D eigenvalue weighted by molar-refractivity contribution is -0.134. The number of carbonyl (C=O) groups is 2. The van der Waals surface area contributed by atoms with Crippen molar-refractivity contribution in [3.8, 4) is 22.5 Å². The smallest absolute Gasteiger partial charge is 0.413 e. The van der Waals surface area contributed by atoms with E-state index >= 15 is 0 Å². The van der Waals surface area contributed by atoms with Crippen molar-refractivity contribution in [3.63, 3.8) is 0 Å². The fraction of sp³-hybridized carbons (Fsp3) is 0.280. The molecule has 0 saturated carbocycles. The molecule has 1 aliphatic rings. The second-order valence-corrected chi connectivity index (χ2v) is 8.49. The quantitative estimate of drug-likeness (QED) is 0.426. The Morgan fingerprint density at radius 3 is 2.69 bits per heavy atom. The highest BCUT2D eigenvalue weighted by Crippen LogP contribution is 2.32. The number of nitrogens with zero attached hydrogens (tertiary/aromatic N) is 6. The van der Waals surface area contributed by atoms with Gasteiger partial charge >= 0.3 is 6.09 Å². The van der Waals surface area contributed by atoms with E-state index in [9.17, 15) is 9.59 Å². The average molecular weight is 487 g/mol. The van der Waals surface area contributed by atoms with E-state index in [1.165, 1.54) is 0 Å². The van der Waals surface area contributed by atoms with Gasteiger partial charge in [-0.05, 0) is 36.8 Å². The zero-order valence-corrected chi connectivity index (χ0v) is 20.1. The molecule has 36 heavy (non-hydrogen) atoms. The van der Waals surface area contributed by atoms with Crippen LogP contribution in [-0.4, -0.2) is 80.0 Å². The molecule has 1 fully saturated rings. The minimum atomic E-state index is -0.587. The summed E-state index contributed by atoms with van der Waals surface area (Å²) in [7, 11) is 1.83. The van der Waals surface area contributed by atoms with Crippen molar-refractivity contribution in [3.05, 3.63) is 54.6 Å². The molecule has 1 aliphatic heterocycles. The van der Waals surface area contributed by atoms with Crippen molar-refractivity contribution in [1.29, 1.82) is 0 Å². The second-order valence-electron chi connectivity index (χ2n) is 8.49. The van der Waals surface area contributed by atoms with Crippen molar-refractivity contribution in [2.75, 3.05) is 38.6 Å². The summed E-state index contributed by atoms with van der Waals surface area (Å²) in [6.45, 7) is 4.56. The summed E-state index contributed by atoms with van der Waals surface area (Å²) in [4.78, 5) is 48.8. The molecule has 2 amide bonds. The largest absolute Gasteiger partial charge is 0.450 e. The summed E-state index contributed by atoms with van der Waals surface area (Å²) in [5.74, 6) is 0.911. The number of fused-ring (bicyclic) bond motifs is 1. The Bertz CT molecular complexity index is 1390. The summed E-state index contributed by atoms with van der Waals surface area (Å²) < 4.78 is 4.96. The van der Waals surface area contributed by atoms with Crippen LogP contribution in [0.3, 0.4) is 0 Å². The third-order valence-corrected chi connectivity index (χ3v) is 5.97. The number of aromatic amines is 1. The Morgan fingerprint density at radius 2 is 1.97 bits per heavy atom. The molecule has 0 atom stereocenters. The van der Waals surface area contributed by atoms with Gasteiger partial charge in [0.25, 0.3) is 0 Å². The molecule has 0 unspecified atom stereocenters. The van der Waals surface area contributed by atoms with Crippen LogP contribution in [0.1, 0.15) is 12.6 Å². The lowest BCUT2D eigenvalue weighted by atomic mass is 10.0. The number of benzene rings is 1. The number of amides is 2. The third-order valence-electron chi connectivity index (χ3n) is 5.97. The molecule has 3 aromatic heterocycles. The molecule has 2 N–H and O–H groups in total. The number of H-pyrrole nitrogens is 1. The van der Waals surface area contributed by atoms with Crippen LogP contribution in [0.5, 0.6) is 0 Å². The first kappa shape index (κ1) is 23.4. The Balaban J connectivity index is 1.45. The Kier molecular flexibility index (Phi) is 6.54. The lowest BCUT2D eigenvalue weighted by Crippen LogP contribution is -2.48. The van der Waals surface area contributed by atoms with Gasteiger partial charge in [0.05, 0.1) is 24.4 Å². The van der Waals surface area contributed by atoms with Crippen LogP contribution in [0.2, 0.25) is 0 Å². The number of likely N-dealkylation sites (N-methyl/N-ethyl adjacent to an activating group) is 1. The normalized spacial score (nSPS) is 14.3. The van der Waals surface area contributed by atoms with Gasteiger partial charge in [-0.1, -0.05) is 6.07 Å². The van der Waals surface area contributed by atoms with Crippen molar-refractivity contribution < 1.29 is 14.3 Å². The molecule has 0 spiro atoms. The van der Waals surface area contributed by atoms with E-state index in [0.717, 1.165) is 35.5 Å². The Labute approximate surface area is 207 Å². The average Bonchev–Trinajstić information content (AvgIpc) is 3.29. The predicted molar refractivity (Wildman–Crippen MR) is 134 cm³/mol. The number of carbonyl (C=O) groups excluding carboxylic acids is 2. The van der Waals surface area contributed by atoms with Gasteiger partial charge in [0.1, 0.15) is 5.52 Å². The van der Waals surface area contributed by atoms with E-state index in [1.54, 1.807) is 30.3 Å². The molecular weight excluding hydrogens is 460 g/mol. The fourth-order valence-electron chi connectivity index (χ4n) is 4.08. The van der Waals surface area contributed by atoms with E-state index in [4.69, 9.17) is 4.74 Å². The zero-order chi connectivity index (χ0) is 25.1. The summed E-state index contributed by atoms with van der Waals surface area (Å²) in [6, 6.07) is 9.63. The molecule has 0 radical (unpaired) electrons. The Morgan fingerprint density at radius 1 is 1.14 bits per heavy atom. The first-order valence-electron chi connectivity index (χ1n) is 11.7. The van der Waals surface area contributed by atoms with Gasteiger partial charge in [0, 0.05) is 56.4 Å². The van der Waals surface area contributed by atoms with E-state index in [1.807, 2.05) is 37.5 Å². The van der Waals surface area contributed by atoms with Gasteiger partial charge in [-0.2, -0.15) is 0 Å². The van der Waals surface area contributed by atoms with E-state index in [0.29, 0.717) is 29.9 Å². The van der Waals surface area contributed by atoms with Crippen LogP contribution >= 0.6 is 0 Å². The minimum absolute atomic E-state index is 0.123. The topological polar surface area (TPSA) is 129 Å². The first-order valence-corrected chi connectivity index (χ1v) is 11.7. The van der Waals surface area contributed by atoms with Gasteiger partial charge in [0.2, 0.25) is 11.9 Å². The van der Waals surface area contributed by atoms with E-state index in [2.05, 4.69) is 35.1 Å². The fourth-order valence-corrected chi connectivity index (χ4v) is 4.08. The number of hydrogen-bond acceptors (Lipinski definition) is 8. The van der Waals surface area contributed by atoms with Gasteiger partial charge in [-0.25, -0.2) is 19.7 Å². The molecule has 1 saturated heterocycles. The molecule has 11 heteroatoms. The molecule has 0 aliphatic carbocycles. The highest BCUT2D eigenvalue weighted by molar-refractivity contribution is 5.96. The molecule has 5 rings (SSSR count). The maximum Gasteiger partial charge on any atom is 0.413 e. The molecule has 184 valence electrons. The number of nitrogens with one attached hydrogen (secondary N) is 2. The van der Waals surface area contributed by atoms with Gasteiger partial charge < -0.3 is 14.6 Å². The number of rotatable bonds is 6. The van der Waals surface area contributed by atoms with E-state index in [-0.39, 0.29) is 18.5 Å². The van der Waals surface area contributed by atoms with Crippen molar-refractivity contribution in [2.24, 2.45) is 0 Å². The maximum absolute atomic E-state index is 12.0.